The number of rotatable bonds is 4. The molecule has 4 nitrogen and oxygen atoms in total. The number of nitrogens with one attached hydrogen (secondary N) is 1. The molecule has 0 aliphatic heterocycles. The first-order valence-electron chi connectivity index (χ1n) is 6.91. The topological polar surface area (TPSA) is 66.4 Å². The molecule has 2 N–H and O–H groups in total. The van der Waals surface area contributed by atoms with E-state index in [1.54, 1.807) is 6.08 Å². The molecule has 1 amide bonds. The number of aliphatic carboxylic acids is 1. The van der Waals surface area contributed by atoms with Gasteiger partial charge in [0.05, 0.1) is 0 Å². The fourth-order valence-electron chi connectivity index (χ4n) is 2.56. The van der Waals surface area contributed by atoms with Crippen molar-refractivity contribution in [1.29, 1.82) is 0 Å². The molecule has 1 fully saturated rings. The highest BCUT2D eigenvalue weighted by molar-refractivity contribution is 5.95. The van der Waals surface area contributed by atoms with Gasteiger partial charge in [0, 0.05) is 6.08 Å². The van der Waals surface area contributed by atoms with Gasteiger partial charge in [-0.1, -0.05) is 49.6 Å². The van der Waals surface area contributed by atoms with Crippen LogP contribution in [0.15, 0.2) is 36.4 Å². The third-order valence-electron chi connectivity index (χ3n) is 3.71. The van der Waals surface area contributed by atoms with Gasteiger partial charge in [-0.05, 0) is 24.5 Å². The summed E-state index contributed by atoms with van der Waals surface area (Å²) in [5.41, 5.74) is -0.174. The van der Waals surface area contributed by atoms with Crippen LogP contribution in [0.25, 0.3) is 6.08 Å². The smallest absolute Gasteiger partial charge is 0.329 e. The Balaban J connectivity index is 2.02. The van der Waals surface area contributed by atoms with Crippen molar-refractivity contribution in [2.45, 2.75) is 37.6 Å². The molecule has 20 heavy (non-hydrogen) atoms. The lowest BCUT2D eigenvalue weighted by molar-refractivity contribution is -0.148. The zero-order chi connectivity index (χ0) is 14.4. The molecule has 0 aromatic heterocycles. The van der Waals surface area contributed by atoms with Gasteiger partial charge in [0.15, 0.2) is 0 Å². The van der Waals surface area contributed by atoms with Gasteiger partial charge in [-0.2, -0.15) is 0 Å². The van der Waals surface area contributed by atoms with E-state index in [1.165, 1.54) is 6.08 Å². The molecular formula is C16H19NO3. The highest BCUT2D eigenvalue weighted by atomic mass is 16.4. The SMILES string of the molecule is O=C(/C=C/c1ccccc1)NC1(C(=O)O)CCCCC1. The molecule has 0 saturated heterocycles. The molecule has 1 aliphatic carbocycles. The van der Waals surface area contributed by atoms with E-state index < -0.39 is 11.5 Å². The molecular weight excluding hydrogens is 254 g/mol. The van der Waals surface area contributed by atoms with Crippen LogP contribution >= 0.6 is 0 Å². The molecule has 0 spiro atoms. The predicted octanol–water partition coefficient (Wildman–Crippen LogP) is 2.60. The van der Waals surface area contributed by atoms with Crippen LogP contribution in [0.3, 0.4) is 0 Å². The van der Waals surface area contributed by atoms with E-state index in [0.717, 1.165) is 24.8 Å². The summed E-state index contributed by atoms with van der Waals surface area (Å²) in [7, 11) is 0. The van der Waals surface area contributed by atoms with Crippen molar-refractivity contribution in [3.63, 3.8) is 0 Å². The van der Waals surface area contributed by atoms with Crippen LogP contribution in [0.1, 0.15) is 37.7 Å². The van der Waals surface area contributed by atoms with E-state index in [9.17, 15) is 14.7 Å². The summed E-state index contributed by atoms with van der Waals surface area (Å²) in [5.74, 6) is -1.28. The predicted molar refractivity (Wildman–Crippen MR) is 77.1 cm³/mol. The van der Waals surface area contributed by atoms with Gasteiger partial charge in [0.25, 0.3) is 0 Å². The largest absolute Gasteiger partial charge is 0.480 e. The first kappa shape index (κ1) is 14.3. The van der Waals surface area contributed by atoms with Gasteiger partial charge >= 0.3 is 5.97 Å². The van der Waals surface area contributed by atoms with Crippen LogP contribution < -0.4 is 5.32 Å². The summed E-state index contributed by atoms with van der Waals surface area (Å²) in [6.07, 6.45) is 6.82. The molecule has 2 rings (SSSR count). The third-order valence-corrected chi connectivity index (χ3v) is 3.71. The molecule has 4 heteroatoms. The second-order valence-electron chi connectivity index (χ2n) is 5.18. The molecule has 0 unspecified atom stereocenters. The van der Waals surface area contributed by atoms with Crippen LogP contribution in [0.2, 0.25) is 0 Å². The molecule has 1 aromatic rings. The Morgan fingerprint density at radius 1 is 1.10 bits per heavy atom. The number of benzene rings is 1. The Bertz CT molecular complexity index is 502. The van der Waals surface area contributed by atoms with Gasteiger partial charge in [-0.25, -0.2) is 4.79 Å². The summed E-state index contributed by atoms with van der Waals surface area (Å²) in [5, 5.41) is 12.1. The second kappa shape index (κ2) is 6.37. The Labute approximate surface area is 118 Å². The standard InChI is InChI=1S/C16H19NO3/c18-14(10-9-13-7-3-1-4-8-13)17-16(15(19)20)11-5-2-6-12-16/h1,3-4,7-10H,2,5-6,11-12H2,(H,17,18)(H,19,20)/b10-9+. The van der Waals surface area contributed by atoms with Crippen molar-refractivity contribution >= 4 is 18.0 Å². The molecule has 1 aliphatic rings. The van der Waals surface area contributed by atoms with Gasteiger partial charge in [-0.3, -0.25) is 4.79 Å². The number of carbonyl (C=O) groups is 2. The van der Waals surface area contributed by atoms with E-state index in [4.69, 9.17) is 0 Å². The lowest BCUT2D eigenvalue weighted by atomic mass is 9.81. The summed E-state index contributed by atoms with van der Waals surface area (Å²) in [4.78, 5) is 23.4. The molecule has 0 bridgehead atoms. The number of carbonyl (C=O) groups excluding carboxylic acids is 1. The summed E-state index contributed by atoms with van der Waals surface area (Å²) in [6, 6.07) is 9.45. The van der Waals surface area contributed by atoms with Gasteiger partial charge < -0.3 is 10.4 Å². The number of carboxylic acid groups (broad SMARTS) is 1. The maximum absolute atomic E-state index is 11.9. The summed E-state index contributed by atoms with van der Waals surface area (Å²) < 4.78 is 0. The first-order chi connectivity index (χ1) is 9.62. The number of hydrogen-bond acceptors (Lipinski definition) is 2. The van der Waals surface area contributed by atoms with Crippen LogP contribution in [0, 0.1) is 0 Å². The minimum atomic E-state index is -1.09. The Morgan fingerprint density at radius 2 is 1.75 bits per heavy atom. The van der Waals surface area contributed by atoms with Crippen molar-refractivity contribution in [3.8, 4) is 0 Å². The number of hydrogen-bond donors (Lipinski definition) is 2. The molecule has 0 atom stereocenters. The zero-order valence-electron chi connectivity index (χ0n) is 11.3. The molecule has 0 heterocycles. The Hall–Kier alpha value is -2.10. The molecule has 0 radical (unpaired) electrons. The molecule has 106 valence electrons. The second-order valence-corrected chi connectivity index (χ2v) is 5.18. The van der Waals surface area contributed by atoms with Crippen LogP contribution in [-0.2, 0) is 9.59 Å². The quantitative estimate of drug-likeness (QED) is 0.829. The van der Waals surface area contributed by atoms with Gasteiger partial charge in [-0.15, -0.1) is 0 Å². The summed E-state index contributed by atoms with van der Waals surface area (Å²) in [6.45, 7) is 0. The van der Waals surface area contributed by atoms with Gasteiger partial charge in [0.2, 0.25) is 5.91 Å². The fourth-order valence-corrected chi connectivity index (χ4v) is 2.56. The van der Waals surface area contributed by atoms with E-state index in [2.05, 4.69) is 5.32 Å². The van der Waals surface area contributed by atoms with E-state index >= 15 is 0 Å². The molecule has 1 aromatic carbocycles. The minimum Gasteiger partial charge on any atom is -0.480 e. The maximum atomic E-state index is 11.9. The fraction of sp³-hybridized carbons (Fsp3) is 0.375. The number of carboxylic acids is 1. The van der Waals surface area contributed by atoms with Crippen LogP contribution in [0.5, 0.6) is 0 Å². The third kappa shape index (κ3) is 3.47. The zero-order valence-corrected chi connectivity index (χ0v) is 11.3. The summed E-state index contributed by atoms with van der Waals surface area (Å²) >= 11 is 0. The monoisotopic (exact) mass is 273 g/mol. The van der Waals surface area contributed by atoms with Crippen LogP contribution in [-0.4, -0.2) is 22.5 Å². The van der Waals surface area contributed by atoms with Crippen molar-refractivity contribution < 1.29 is 14.7 Å². The van der Waals surface area contributed by atoms with Crippen LogP contribution in [0.4, 0.5) is 0 Å². The van der Waals surface area contributed by atoms with E-state index in [1.807, 2.05) is 30.3 Å². The van der Waals surface area contributed by atoms with E-state index in [0.29, 0.717) is 12.8 Å². The lowest BCUT2D eigenvalue weighted by Gasteiger charge is -2.33. The minimum absolute atomic E-state index is 0.349. The molecule has 1 saturated carbocycles. The highest BCUT2D eigenvalue weighted by Gasteiger charge is 2.40. The average Bonchev–Trinajstić information content (AvgIpc) is 2.47. The maximum Gasteiger partial charge on any atom is 0.329 e. The van der Waals surface area contributed by atoms with Crippen molar-refractivity contribution in [3.05, 3.63) is 42.0 Å². The van der Waals surface area contributed by atoms with Crippen molar-refractivity contribution in [2.75, 3.05) is 0 Å². The Kier molecular flexibility index (Phi) is 4.56. The Morgan fingerprint density at radius 3 is 2.35 bits per heavy atom. The number of amides is 1. The normalized spacial score (nSPS) is 17.8. The highest BCUT2D eigenvalue weighted by Crippen LogP contribution is 2.28. The van der Waals surface area contributed by atoms with Crippen molar-refractivity contribution in [2.24, 2.45) is 0 Å². The van der Waals surface area contributed by atoms with Gasteiger partial charge in [0.1, 0.15) is 5.54 Å². The van der Waals surface area contributed by atoms with Crippen molar-refractivity contribution in [1.82, 2.24) is 5.32 Å². The van der Waals surface area contributed by atoms with E-state index in [-0.39, 0.29) is 5.91 Å². The lowest BCUT2D eigenvalue weighted by Crippen LogP contribution is -2.55. The first-order valence-corrected chi connectivity index (χ1v) is 6.91. The average molecular weight is 273 g/mol.